The molecule has 0 saturated heterocycles. The van der Waals surface area contributed by atoms with E-state index >= 15 is 0 Å². The minimum atomic E-state index is 0.702. The molecular formula is C51H34N4. The van der Waals surface area contributed by atoms with Crippen LogP contribution >= 0.6 is 0 Å². The summed E-state index contributed by atoms with van der Waals surface area (Å²) < 4.78 is 0. The highest BCUT2D eigenvalue weighted by atomic mass is 15.1. The summed E-state index contributed by atoms with van der Waals surface area (Å²) in [6.07, 6.45) is 0. The van der Waals surface area contributed by atoms with Crippen molar-refractivity contribution in [3.8, 4) is 45.2 Å². The summed E-state index contributed by atoms with van der Waals surface area (Å²) in [5.74, 6) is 0.702. The molecule has 0 unspecified atom stereocenters. The second-order valence-corrected chi connectivity index (χ2v) is 13.6. The van der Waals surface area contributed by atoms with Crippen LogP contribution in [0.25, 0.3) is 77.6 Å². The molecule has 0 bridgehead atoms. The fourth-order valence-corrected chi connectivity index (χ4v) is 7.59. The maximum Gasteiger partial charge on any atom is 0.160 e. The smallest absolute Gasteiger partial charge is 0.160 e. The van der Waals surface area contributed by atoms with E-state index < -0.39 is 0 Å². The number of nitrogens with zero attached hydrogens (tertiary/aromatic N) is 4. The number of anilines is 3. The fraction of sp³-hybridized carbons (Fsp3) is 0. The summed E-state index contributed by atoms with van der Waals surface area (Å²) in [4.78, 5) is 17.8. The van der Waals surface area contributed by atoms with Gasteiger partial charge in [-0.05, 0) is 65.4 Å². The fourth-order valence-electron chi connectivity index (χ4n) is 7.59. The van der Waals surface area contributed by atoms with Crippen LogP contribution in [0.15, 0.2) is 206 Å². The summed E-state index contributed by atoms with van der Waals surface area (Å²) in [6, 6.07) is 72.0. The molecule has 0 amide bonds. The van der Waals surface area contributed by atoms with E-state index in [4.69, 9.17) is 15.0 Å². The standard InChI is InChI=1S/C51H34N4/c1-5-15-36(16-6-1)47-34-48(54-51(53-47)38-17-7-2-8-18-38)39-26-25-35-29-32-44-49(45(35)33-39)43-23-13-14-24-46(43)52-50(44)37-27-30-42(31-28-37)55(40-19-9-3-10-20-40)41-21-11-4-12-22-41/h1-34H. The second-order valence-electron chi connectivity index (χ2n) is 13.6. The molecule has 2 heterocycles. The molecule has 0 aliphatic carbocycles. The van der Waals surface area contributed by atoms with Crippen LogP contribution in [0, 0.1) is 0 Å². The first-order chi connectivity index (χ1) is 27.3. The van der Waals surface area contributed by atoms with E-state index in [1.165, 1.54) is 5.39 Å². The molecule has 258 valence electrons. The Hall–Kier alpha value is -7.43. The molecule has 0 N–H and O–H groups in total. The quantitative estimate of drug-likeness (QED) is 0.155. The third-order valence-electron chi connectivity index (χ3n) is 10.2. The minimum absolute atomic E-state index is 0.702. The molecule has 2 aromatic heterocycles. The second kappa shape index (κ2) is 13.8. The first-order valence-corrected chi connectivity index (χ1v) is 18.5. The minimum Gasteiger partial charge on any atom is -0.311 e. The molecule has 4 nitrogen and oxygen atoms in total. The summed E-state index contributed by atoms with van der Waals surface area (Å²) in [5, 5.41) is 5.73. The largest absolute Gasteiger partial charge is 0.311 e. The van der Waals surface area contributed by atoms with Crippen LogP contribution in [0.3, 0.4) is 0 Å². The maximum absolute atomic E-state index is 5.31. The zero-order chi connectivity index (χ0) is 36.6. The van der Waals surface area contributed by atoms with E-state index in [1.54, 1.807) is 0 Å². The lowest BCUT2D eigenvalue weighted by Gasteiger charge is -2.25. The van der Waals surface area contributed by atoms with Gasteiger partial charge >= 0.3 is 0 Å². The van der Waals surface area contributed by atoms with Gasteiger partial charge in [-0.2, -0.15) is 0 Å². The maximum atomic E-state index is 5.31. The van der Waals surface area contributed by atoms with Crippen LogP contribution in [0.5, 0.6) is 0 Å². The molecule has 0 atom stereocenters. The van der Waals surface area contributed by atoms with Crippen LogP contribution in [0.2, 0.25) is 0 Å². The Bertz CT molecular complexity index is 2850. The predicted molar refractivity (Wildman–Crippen MR) is 229 cm³/mol. The summed E-state index contributed by atoms with van der Waals surface area (Å²) in [5.41, 5.74) is 11.1. The van der Waals surface area contributed by atoms with Crippen LogP contribution < -0.4 is 4.90 Å². The molecule has 8 aromatic carbocycles. The Balaban J connectivity index is 1.14. The van der Waals surface area contributed by atoms with Crippen molar-refractivity contribution in [3.63, 3.8) is 0 Å². The number of para-hydroxylation sites is 3. The SMILES string of the molecule is c1ccc(-c2cc(-c3ccc4ccc5c(-c6ccc(N(c7ccccc7)c7ccccc7)cc6)nc6ccccc6c5c4c3)nc(-c3ccccc3)n2)cc1. The van der Waals surface area contributed by atoms with Crippen molar-refractivity contribution >= 4 is 49.5 Å². The van der Waals surface area contributed by atoms with Gasteiger partial charge in [-0.25, -0.2) is 15.0 Å². The molecular weight excluding hydrogens is 669 g/mol. The van der Waals surface area contributed by atoms with Gasteiger partial charge in [0.25, 0.3) is 0 Å². The lowest BCUT2D eigenvalue weighted by Crippen LogP contribution is -2.09. The van der Waals surface area contributed by atoms with Gasteiger partial charge in [-0.1, -0.05) is 152 Å². The Labute approximate surface area is 319 Å². The van der Waals surface area contributed by atoms with Crippen molar-refractivity contribution in [1.82, 2.24) is 15.0 Å². The van der Waals surface area contributed by atoms with Gasteiger partial charge in [0.15, 0.2) is 5.82 Å². The van der Waals surface area contributed by atoms with Gasteiger partial charge in [0.1, 0.15) is 0 Å². The third kappa shape index (κ3) is 6.06. The number of pyridine rings is 1. The Kier molecular flexibility index (Phi) is 8.12. The Morgan fingerprint density at radius 2 is 0.855 bits per heavy atom. The van der Waals surface area contributed by atoms with Crippen molar-refractivity contribution in [2.45, 2.75) is 0 Å². The molecule has 10 aromatic rings. The third-order valence-corrected chi connectivity index (χ3v) is 10.2. The van der Waals surface area contributed by atoms with E-state index in [2.05, 4.69) is 175 Å². The van der Waals surface area contributed by atoms with E-state index in [9.17, 15) is 0 Å². The molecule has 0 radical (unpaired) electrons. The van der Waals surface area contributed by atoms with Crippen LogP contribution in [0.1, 0.15) is 0 Å². The van der Waals surface area contributed by atoms with Crippen LogP contribution in [0.4, 0.5) is 17.1 Å². The summed E-state index contributed by atoms with van der Waals surface area (Å²) in [6.45, 7) is 0. The summed E-state index contributed by atoms with van der Waals surface area (Å²) in [7, 11) is 0. The van der Waals surface area contributed by atoms with Crippen LogP contribution in [-0.4, -0.2) is 15.0 Å². The topological polar surface area (TPSA) is 41.9 Å². The van der Waals surface area contributed by atoms with Gasteiger partial charge in [0.2, 0.25) is 0 Å². The zero-order valence-electron chi connectivity index (χ0n) is 29.9. The van der Waals surface area contributed by atoms with Crippen LogP contribution in [-0.2, 0) is 0 Å². The normalized spacial score (nSPS) is 11.3. The highest BCUT2D eigenvalue weighted by Crippen LogP contribution is 2.40. The van der Waals surface area contributed by atoms with Gasteiger partial charge in [-0.3, -0.25) is 0 Å². The first-order valence-electron chi connectivity index (χ1n) is 18.5. The molecule has 10 rings (SSSR count). The van der Waals surface area contributed by atoms with E-state index in [1.807, 2.05) is 36.4 Å². The lowest BCUT2D eigenvalue weighted by molar-refractivity contribution is 1.18. The highest BCUT2D eigenvalue weighted by Gasteiger charge is 2.17. The summed E-state index contributed by atoms with van der Waals surface area (Å²) >= 11 is 0. The number of hydrogen-bond acceptors (Lipinski definition) is 4. The van der Waals surface area contributed by atoms with E-state index in [0.29, 0.717) is 5.82 Å². The number of fused-ring (bicyclic) bond motifs is 5. The number of benzene rings is 8. The molecule has 0 fully saturated rings. The van der Waals surface area contributed by atoms with E-state index in [0.717, 1.165) is 83.5 Å². The average Bonchev–Trinajstić information content (AvgIpc) is 3.27. The number of rotatable bonds is 7. The molecule has 0 aliphatic heterocycles. The molecule has 4 heteroatoms. The molecule has 0 aliphatic rings. The molecule has 0 spiro atoms. The highest BCUT2D eigenvalue weighted by molar-refractivity contribution is 6.22. The number of hydrogen-bond donors (Lipinski definition) is 0. The van der Waals surface area contributed by atoms with E-state index in [-0.39, 0.29) is 0 Å². The van der Waals surface area contributed by atoms with Crippen molar-refractivity contribution in [1.29, 1.82) is 0 Å². The first kappa shape index (κ1) is 32.2. The average molecular weight is 703 g/mol. The van der Waals surface area contributed by atoms with Gasteiger partial charge < -0.3 is 4.90 Å². The van der Waals surface area contributed by atoms with Gasteiger partial charge in [0.05, 0.1) is 22.6 Å². The number of aromatic nitrogens is 3. The zero-order valence-corrected chi connectivity index (χ0v) is 29.9. The Morgan fingerprint density at radius 1 is 0.327 bits per heavy atom. The van der Waals surface area contributed by atoms with Gasteiger partial charge in [0, 0.05) is 55.5 Å². The lowest BCUT2D eigenvalue weighted by atomic mass is 9.93. The monoisotopic (exact) mass is 702 g/mol. The van der Waals surface area contributed by atoms with Gasteiger partial charge in [-0.15, -0.1) is 0 Å². The molecule has 0 saturated carbocycles. The van der Waals surface area contributed by atoms with Crippen molar-refractivity contribution in [2.75, 3.05) is 4.90 Å². The predicted octanol–water partition coefficient (Wildman–Crippen LogP) is 13.5. The molecule has 55 heavy (non-hydrogen) atoms. The van der Waals surface area contributed by atoms with Crippen molar-refractivity contribution in [3.05, 3.63) is 206 Å². The Morgan fingerprint density at radius 3 is 1.53 bits per heavy atom. The van der Waals surface area contributed by atoms with Crippen molar-refractivity contribution in [2.24, 2.45) is 0 Å². The van der Waals surface area contributed by atoms with Crippen molar-refractivity contribution < 1.29 is 0 Å².